The van der Waals surface area contributed by atoms with E-state index in [-0.39, 0.29) is 0 Å². The highest BCUT2D eigenvalue weighted by molar-refractivity contribution is 5.95. The van der Waals surface area contributed by atoms with Gasteiger partial charge in [-0.2, -0.15) is 5.10 Å². The van der Waals surface area contributed by atoms with Gasteiger partial charge in [0.25, 0.3) is 0 Å². The molecule has 166 valence electrons. The topological polar surface area (TPSA) is 65.9 Å². The lowest BCUT2D eigenvalue weighted by Crippen LogP contribution is -2.45. The van der Waals surface area contributed by atoms with Crippen LogP contribution in [-0.4, -0.2) is 63.1 Å². The lowest BCUT2D eigenvalue weighted by atomic mass is 10.00. The van der Waals surface area contributed by atoms with Crippen molar-refractivity contribution in [3.05, 3.63) is 47.9 Å². The molecule has 32 heavy (non-hydrogen) atoms. The van der Waals surface area contributed by atoms with Crippen LogP contribution in [0.1, 0.15) is 31.0 Å². The summed E-state index contributed by atoms with van der Waals surface area (Å²) < 4.78 is 1.98. The molecule has 5 rings (SSSR count). The average Bonchev–Trinajstić information content (AvgIpc) is 3.41. The molecule has 1 N–H and O–H groups in total. The maximum atomic E-state index is 4.53. The highest BCUT2D eigenvalue weighted by atomic mass is 15.3. The number of benzene rings is 1. The molecule has 1 aromatic carbocycles. The zero-order chi connectivity index (χ0) is 22.4. The third-order valence-corrected chi connectivity index (χ3v) is 6.49. The van der Waals surface area contributed by atoms with E-state index < -0.39 is 0 Å². The molecule has 0 amide bonds. The number of H-pyrrole nitrogens is 1. The zero-order valence-corrected chi connectivity index (χ0v) is 19.6. The molecular weight excluding hydrogens is 398 g/mol. The lowest BCUT2D eigenvalue weighted by molar-refractivity contribution is 0.312. The van der Waals surface area contributed by atoms with E-state index in [2.05, 4.69) is 89.2 Å². The molecule has 7 heteroatoms. The second-order valence-electron chi connectivity index (χ2n) is 9.25. The summed E-state index contributed by atoms with van der Waals surface area (Å²) >= 11 is 0. The van der Waals surface area contributed by atoms with E-state index in [1.807, 2.05) is 17.1 Å². The predicted molar refractivity (Wildman–Crippen MR) is 130 cm³/mol. The molecule has 0 atom stereocenters. The number of hydrogen-bond acceptors (Lipinski definition) is 5. The second kappa shape index (κ2) is 8.06. The van der Waals surface area contributed by atoms with E-state index in [1.165, 1.54) is 16.8 Å². The van der Waals surface area contributed by atoms with Gasteiger partial charge in [-0.05, 0) is 64.1 Å². The van der Waals surface area contributed by atoms with E-state index in [4.69, 9.17) is 0 Å². The molecule has 3 aromatic heterocycles. The van der Waals surface area contributed by atoms with Crippen LogP contribution in [0.3, 0.4) is 0 Å². The molecule has 0 bridgehead atoms. The molecule has 0 unspecified atom stereocenters. The van der Waals surface area contributed by atoms with Crippen LogP contribution in [0.15, 0.2) is 36.8 Å². The van der Waals surface area contributed by atoms with Crippen molar-refractivity contribution in [1.29, 1.82) is 0 Å². The Balaban J connectivity index is 1.52. The maximum Gasteiger partial charge on any atom is 0.160 e. The van der Waals surface area contributed by atoms with Crippen molar-refractivity contribution in [3.8, 4) is 22.4 Å². The van der Waals surface area contributed by atoms with Crippen molar-refractivity contribution in [2.75, 3.05) is 38.1 Å². The van der Waals surface area contributed by atoms with Gasteiger partial charge in [-0.1, -0.05) is 0 Å². The molecule has 0 spiro atoms. The van der Waals surface area contributed by atoms with Gasteiger partial charge in [0.1, 0.15) is 0 Å². The Hall–Kier alpha value is -3.19. The summed E-state index contributed by atoms with van der Waals surface area (Å²) in [6.45, 7) is 13.0. The molecule has 1 aliphatic heterocycles. The van der Waals surface area contributed by atoms with Crippen LogP contribution in [0.5, 0.6) is 0 Å². The number of aromatic nitrogens is 5. The number of aryl methyl sites for hydroxylation is 2. The van der Waals surface area contributed by atoms with E-state index in [9.17, 15) is 0 Å². The normalized spacial score (nSPS) is 15.2. The molecule has 0 radical (unpaired) electrons. The first-order valence-corrected chi connectivity index (χ1v) is 11.3. The third-order valence-electron chi connectivity index (χ3n) is 6.49. The number of nitrogens with zero attached hydrogens (tertiary/aromatic N) is 6. The van der Waals surface area contributed by atoms with Gasteiger partial charge in [-0.25, -0.2) is 0 Å². The molecule has 7 nitrogen and oxygen atoms in total. The number of piperazine rings is 1. The van der Waals surface area contributed by atoms with Crippen LogP contribution in [0, 0.1) is 13.8 Å². The Morgan fingerprint density at radius 2 is 1.66 bits per heavy atom. The molecule has 0 aliphatic carbocycles. The number of fused-ring (bicyclic) bond motifs is 1. The Morgan fingerprint density at radius 1 is 0.938 bits per heavy atom. The van der Waals surface area contributed by atoms with Gasteiger partial charge in [-0.15, -0.1) is 10.2 Å². The monoisotopic (exact) mass is 429 g/mol. The predicted octanol–water partition coefficient (Wildman–Crippen LogP) is 4.44. The van der Waals surface area contributed by atoms with Crippen LogP contribution >= 0.6 is 0 Å². The second-order valence-corrected chi connectivity index (χ2v) is 9.25. The standard InChI is InChI=1S/C25H31N7/c1-16(2)32-15-20(13-27-32)22-14-26-25-21(22)12-23(28-29-25)19-10-17(3)24(18(4)11-19)31-8-6-30(5)7-9-31/h10-16H,6-9H2,1-5H3,(H,26,29). The number of aromatic amines is 1. The van der Waals surface area contributed by atoms with Crippen molar-refractivity contribution in [2.45, 2.75) is 33.7 Å². The molecular formula is C25H31N7. The van der Waals surface area contributed by atoms with Gasteiger partial charge in [0.05, 0.1) is 11.9 Å². The number of anilines is 1. The Bertz CT molecular complexity index is 1240. The molecule has 1 fully saturated rings. The first-order valence-electron chi connectivity index (χ1n) is 11.3. The molecule has 1 saturated heterocycles. The summed E-state index contributed by atoms with van der Waals surface area (Å²) in [5, 5.41) is 14.6. The van der Waals surface area contributed by atoms with Gasteiger partial charge in [0.2, 0.25) is 0 Å². The van der Waals surface area contributed by atoms with Gasteiger partial charge < -0.3 is 14.8 Å². The lowest BCUT2D eigenvalue weighted by Gasteiger charge is -2.36. The Kier molecular flexibility index (Phi) is 5.21. The van der Waals surface area contributed by atoms with Gasteiger partial charge in [0, 0.05) is 72.4 Å². The summed E-state index contributed by atoms with van der Waals surface area (Å²) in [5.74, 6) is 0. The van der Waals surface area contributed by atoms with Crippen LogP contribution in [-0.2, 0) is 0 Å². The van der Waals surface area contributed by atoms with Crippen molar-refractivity contribution in [2.24, 2.45) is 0 Å². The first-order chi connectivity index (χ1) is 15.4. The quantitative estimate of drug-likeness (QED) is 0.520. The fraction of sp³-hybridized carbons (Fsp3) is 0.400. The minimum atomic E-state index is 0.328. The number of nitrogens with one attached hydrogen (secondary N) is 1. The van der Waals surface area contributed by atoms with Crippen LogP contribution in [0.25, 0.3) is 33.4 Å². The number of likely N-dealkylation sites (N-methyl/N-ethyl adjacent to an activating group) is 1. The molecule has 0 saturated carbocycles. The fourth-order valence-electron chi connectivity index (χ4n) is 4.69. The fourth-order valence-corrected chi connectivity index (χ4v) is 4.69. The smallest absolute Gasteiger partial charge is 0.160 e. The largest absolute Gasteiger partial charge is 0.369 e. The van der Waals surface area contributed by atoms with Crippen LogP contribution in [0.2, 0.25) is 0 Å². The van der Waals surface area contributed by atoms with Crippen molar-refractivity contribution < 1.29 is 0 Å². The first kappa shape index (κ1) is 20.7. The van der Waals surface area contributed by atoms with E-state index in [0.29, 0.717) is 6.04 Å². The molecule has 4 heterocycles. The van der Waals surface area contributed by atoms with Crippen molar-refractivity contribution >= 4 is 16.7 Å². The van der Waals surface area contributed by atoms with E-state index >= 15 is 0 Å². The number of rotatable bonds is 4. The van der Waals surface area contributed by atoms with Gasteiger partial charge >= 0.3 is 0 Å². The van der Waals surface area contributed by atoms with E-state index in [1.54, 1.807) is 0 Å². The summed E-state index contributed by atoms with van der Waals surface area (Å²) in [4.78, 5) is 8.16. The Labute approximate surface area is 189 Å². The highest BCUT2D eigenvalue weighted by Gasteiger charge is 2.19. The van der Waals surface area contributed by atoms with Gasteiger partial charge in [0.15, 0.2) is 5.65 Å². The summed E-state index contributed by atoms with van der Waals surface area (Å²) in [6, 6.07) is 6.97. The summed E-state index contributed by atoms with van der Waals surface area (Å²) in [7, 11) is 2.19. The Morgan fingerprint density at radius 3 is 2.31 bits per heavy atom. The minimum absolute atomic E-state index is 0.328. The third kappa shape index (κ3) is 3.66. The summed E-state index contributed by atoms with van der Waals surface area (Å²) in [6.07, 6.45) is 6.01. The zero-order valence-electron chi connectivity index (χ0n) is 19.6. The minimum Gasteiger partial charge on any atom is -0.369 e. The summed E-state index contributed by atoms with van der Waals surface area (Å²) in [5.41, 5.74) is 8.93. The van der Waals surface area contributed by atoms with Crippen LogP contribution in [0.4, 0.5) is 5.69 Å². The van der Waals surface area contributed by atoms with Crippen molar-refractivity contribution in [1.82, 2.24) is 29.9 Å². The van der Waals surface area contributed by atoms with Crippen molar-refractivity contribution in [3.63, 3.8) is 0 Å². The molecule has 4 aromatic rings. The number of hydrogen-bond donors (Lipinski definition) is 1. The molecule has 1 aliphatic rings. The SMILES string of the molecule is Cc1cc(-c2cc3c(-c4cnn(C(C)C)c4)c[nH]c3nn2)cc(C)c1N1CCN(C)CC1. The highest BCUT2D eigenvalue weighted by Crippen LogP contribution is 2.34. The van der Waals surface area contributed by atoms with E-state index in [0.717, 1.165) is 59.6 Å². The maximum absolute atomic E-state index is 4.53. The van der Waals surface area contributed by atoms with Crippen LogP contribution < -0.4 is 4.90 Å². The van der Waals surface area contributed by atoms with Gasteiger partial charge in [-0.3, -0.25) is 4.68 Å². The average molecular weight is 430 g/mol.